The predicted octanol–water partition coefficient (Wildman–Crippen LogP) is 4.11. The number of H-pyrrole nitrogens is 1. The number of anilines is 2. The van der Waals surface area contributed by atoms with E-state index in [0.29, 0.717) is 24.6 Å². The quantitative estimate of drug-likeness (QED) is 0.502. The van der Waals surface area contributed by atoms with E-state index in [1.165, 1.54) is 0 Å². The zero-order chi connectivity index (χ0) is 21.5. The van der Waals surface area contributed by atoms with Crippen LogP contribution < -0.4 is 5.32 Å². The van der Waals surface area contributed by atoms with E-state index in [2.05, 4.69) is 30.5 Å². The molecule has 1 unspecified atom stereocenters. The summed E-state index contributed by atoms with van der Waals surface area (Å²) in [6, 6.07) is 7.95. The summed E-state index contributed by atoms with van der Waals surface area (Å²) in [5, 5.41) is 12.2. The van der Waals surface area contributed by atoms with Crippen LogP contribution in [0.2, 0.25) is 0 Å². The molecular weight excluding hydrogens is 410 g/mol. The molecule has 3 aromatic heterocycles. The number of amides is 1. The second-order valence-corrected chi connectivity index (χ2v) is 9.22. The standard InChI is InChI=1S/C22H23N7OS/c1-12-4-5-17-16(8-12)20(28-27-17)21(30)29-7-6-15(11-29)18-9-19(25-14(3)24-18)26-22-23-10-13(2)31-22/h4-5,8-10,15H,6-7,11H2,1-3H3,(H,27,28)(H,23,24,25,26). The number of aryl methyl sites for hydroxylation is 3. The number of carbonyl (C=O) groups is 1. The van der Waals surface area contributed by atoms with Crippen molar-refractivity contribution in [3.63, 3.8) is 0 Å². The first kappa shape index (κ1) is 19.6. The highest BCUT2D eigenvalue weighted by Crippen LogP contribution is 2.30. The van der Waals surface area contributed by atoms with Crippen LogP contribution in [0.5, 0.6) is 0 Å². The number of fused-ring (bicyclic) bond motifs is 1. The highest BCUT2D eigenvalue weighted by molar-refractivity contribution is 7.15. The summed E-state index contributed by atoms with van der Waals surface area (Å²) in [4.78, 5) is 29.7. The van der Waals surface area contributed by atoms with Gasteiger partial charge in [-0.2, -0.15) is 5.10 Å². The topological polar surface area (TPSA) is 99.7 Å². The molecule has 1 amide bonds. The minimum Gasteiger partial charge on any atom is -0.337 e. The Morgan fingerprint density at radius 3 is 2.90 bits per heavy atom. The molecule has 9 heteroatoms. The van der Waals surface area contributed by atoms with Crippen LogP contribution in [0.3, 0.4) is 0 Å². The van der Waals surface area contributed by atoms with Crippen LogP contribution in [0.4, 0.5) is 10.9 Å². The van der Waals surface area contributed by atoms with E-state index in [4.69, 9.17) is 0 Å². The summed E-state index contributed by atoms with van der Waals surface area (Å²) in [7, 11) is 0. The molecule has 5 rings (SSSR count). The lowest BCUT2D eigenvalue weighted by atomic mass is 10.0. The van der Waals surface area contributed by atoms with Crippen molar-refractivity contribution in [2.24, 2.45) is 0 Å². The fraction of sp³-hybridized carbons (Fsp3) is 0.318. The number of rotatable bonds is 4. The number of hydrogen-bond donors (Lipinski definition) is 2. The van der Waals surface area contributed by atoms with Gasteiger partial charge in [-0.25, -0.2) is 15.0 Å². The van der Waals surface area contributed by atoms with E-state index in [1.54, 1.807) is 11.3 Å². The van der Waals surface area contributed by atoms with Crippen molar-refractivity contribution >= 4 is 39.1 Å². The summed E-state index contributed by atoms with van der Waals surface area (Å²) < 4.78 is 0. The lowest BCUT2D eigenvalue weighted by Crippen LogP contribution is -2.29. The molecule has 1 aliphatic heterocycles. The summed E-state index contributed by atoms with van der Waals surface area (Å²) >= 11 is 1.59. The third kappa shape index (κ3) is 3.88. The number of aromatic nitrogens is 5. The van der Waals surface area contributed by atoms with Crippen molar-refractivity contribution in [1.29, 1.82) is 0 Å². The molecule has 0 saturated carbocycles. The van der Waals surface area contributed by atoms with Gasteiger partial charge >= 0.3 is 0 Å². The molecule has 1 fully saturated rings. The maximum atomic E-state index is 13.2. The van der Waals surface area contributed by atoms with Crippen molar-refractivity contribution in [1.82, 2.24) is 30.0 Å². The van der Waals surface area contributed by atoms with Gasteiger partial charge in [0.25, 0.3) is 5.91 Å². The molecule has 4 heterocycles. The third-order valence-electron chi connectivity index (χ3n) is 5.53. The molecule has 0 aliphatic carbocycles. The molecule has 1 saturated heterocycles. The van der Waals surface area contributed by atoms with Crippen molar-refractivity contribution in [2.75, 3.05) is 18.4 Å². The Bertz CT molecular complexity index is 1280. The monoisotopic (exact) mass is 433 g/mol. The Morgan fingerprint density at radius 1 is 1.23 bits per heavy atom. The first-order chi connectivity index (χ1) is 15.0. The van der Waals surface area contributed by atoms with Gasteiger partial charge in [0.1, 0.15) is 11.6 Å². The maximum absolute atomic E-state index is 13.2. The molecule has 4 aromatic rings. The van der Waals surface area contributed by atoms with Crippen LogP contribution in [0.25, 0.3) is 10.9 Å². The zero-order valence-corrected chi connectivity index (χ0v) is 18.5. The Morgan fingerprint density at radius 2 is 2.10 bits per heavy atom. The predicted molar refractivity (Wildman–Crippen MR) is 121 cm³/mol. The molecule has 0 spiro atoms. The van der Waals surface area contributed by atoms with Crippen molar-refractivity contribution in [2.45, 2.75) is 33.1 Å². The Hall–Kier alpha value is -3.33. The Labute approximate surface area is 183 Å². The van der Waals surface area contributed by atoms with E-state index in [1.807, 2.05) is 56.1 Å². The third-order valence-corrected chi connectivity index (χ3v) is 6.36. The van der Waals surface area contributed by atoms with Gasteiger partial charge in [-0.1, -0.05) is 11.6 Å². The first-order valence-corrected chi connectivity index (χ1v) is 11.1. The second kappa shape index (κ2) is 7.73. The largest absolute Gasteiger partial charge is 0.337 e. The summed E-state index contributed by atoms with van der Waals surface area (Å²) in [5.74, 6) is 1.56. The number of nitrogens with one attached hydrogen (secondary N) is 2. The van der Waals surface area contributed by atoms with Crippen LogP contribution in [-0.4, -0.2) is 49.0 Å². The van der Waals surface area contributed by atoms with E-state index in [9.17, 15) is 4.79 Å². The minimum atomic E-state index is -0.0401. The minimum absolute atomic E-state index is 0.0401. The average Bonchev–Trinajstić information content (AvgIpc) is 3.46. The van der Waals surface area contributed by atoms with Crippen LogP contribution >= 0.6 is 11.3 Å². The number of hydrogen-bond acceptors (Lipinski definition) is 7. The Kier molecular flexibility index (Phi) is 4.90. The fourth-order valence-electron chi connectivity index (χ4n) is 4.01. The van der Waals surface area contributed by atoms with Crippen LogP contribution in [-0.2, 0) is 0 Å². The normalized spacial score (nSPS) is 16.2. The highest BCUT2D eigenvalue weighted by Gasteiger charge is 2.31. The molecule has 0 radical (unpaired) electrons. The van der Waals surface area contributed by atoms with Crippen LogP contribution in [0, 0.1) is 20.8 Å². The summed E-state index contributed by atoms with van der Waals surface area (Å²) in [6.07, 6.45) is 2.70. The summed E-state index contributed by atoms with van der Waals surface area (Å²) in [6.45, 7) is 7.22. The number of benzene rings is 1. The van der Waals surface area contributed by atoms with Gasteiger partial charge in [-0.05, 0) is 39.3 Å². The molecule has 158 valence electrons. The Balaban J connectivity index is 1.35. The van der Waals surface area contributed by atoms with Gasteiger partial charge in [0.15, 0.2) is 10.8 Å². The molecule has 1 aliphatic rings. The van der Waals surface area contributed by atoms with Crippen LogP contribution in [0.1, 0.15) is 44.8 Å². The van der Waals surface area contributed by atoms with E-state index in [-0.39, 0.29) is 11.8 Å². The lowest BCUT2D eigenvalue weighted by Gasteiger charge is -2.16. The second-order valence-electron chi connectivity index (χ2n) is 7.98. The van der Waals surface area contributed by atoms with Gasteiger partial charge in [0, 0.05) is 41.5 Å². The fourth-order valence-corrected chi connectivity index (χ4v) is 4.68. The first-order valence-electron chi connectivity index (χ1n) is 10.3. The number of carbonyl (C=O) groups excluding carboxylic acids is 1. The molecule has 0 bridgehead atoms. The summed E-state index contributed by atoms with van der Waals surface area (Å²) in [5.41, 5.74) is 3.42. The van der Waals surface area contributed by atoms with Crippen LogP contribution in [0.15, 0.2) is 30.5 Å². The lowest BCUT2D eigenvalue weighted by molar-refractivity contribution is 0.0786. The van der Waals surface area contributed by atoms with Gasteiger partial charge in [0.2, 0.25) is 0 Å². The van der Waals surface area contributed by atoms with E-state index >= 15 is 0 Å². The van der Waals surface area contributed by atoms with Crippen molar-refractivity contribution in [3.8, 4) is 0 Å². The van der Waals surface area contributed by atoms with Gasteiger partial charge < -0.3 is 10.2 Å². The van der Waals surface area contributed by atoms with E-state index < -0.39 is 0 Å². The van der Waals surface area contributed by atoms with Gasteiger partial charge in [0.05, 0.1) is 11.2 Å². The molecule has 1 aromatic carbocycles. The zero-order valence-electron chi connectivity index (χ0n) is 17.6. The van der Waals surface area contributed by atoms with Crippen molar-refractivity contribution < 1.29 is 4.79 Å². The number of aromatic amines is 1. The number of thiazole rings is 1. The van der Waals surface area contributed by atoms with Gasteiger partial charge in [-0.15, -0.1) is 11.3 Å². The average molecular weight is 434 g/mol. The molecule has 1 atom stereocenters. The molecular formula is C22H23N7OS. The SMILES string of the molecule is Cc1ccc2[nH]nc(C(=O)N3CCC(c4cc(Nc5ncc(C)s5)nc(C)n4)C3)c2c1. The smallest absolute Gasteiger partial charge is 0.275 e. The molecule has 2 N–H and O–H groups in total. The highest BCUT2D eigenvalue weighted by atomic mass is 32.1. The number of nitrogens with zero attached hydrogens (tertiary/aromatic N) is 5. The molecule has 8 nitrogen and oxygen atoms in total. The maximum Gasteiger partial charge on any atom is 0.275 e. The van der Waals surface area contributed by atoms with Crippen molar-refractivity contribution in [3.05, 3.63) is 58.1 Å². The van der Waals surface area contributed by atoms with Gasteiger partial charge in [-0.3, -0.25) is 9.89 Å². The number of likely N-dealkylation sites (tertiary alicyclic amines) is 1. The van der Waals surface area contributed by atoms with E-state index in [0.717, 1.165) is 44.4 Å². The molecule has 31 heavy (non-hydrogen) atoms.